The van der Waals surface area contributed by atoms with Crippen LogP contribution in [0.2, 0.25) is 0 Å². The van der Waals surface area contributed by atoms with E-state index < -0.39 is 64.8 Å². The maximum atomic E-state index is 14.2. The van der Waals surface area contributed by atoms with Crippen LogP contribution in [0.4, 0.5) is 39.3 Å². The first-order chi connectivity index (χ1) is 32.1. The van der Waals surface area contributed by atoms with Crippen LogP contribution in [0, 0.1) is 0 Å². The van der Waals surface area contributed by atoms with Gasteiger partial charge in [-0.15, -0.1) is 0 Å². The van der Waals surface area contributed by atoms with E-state index in [-0.39, 0.29) is 35.6 Å². The van der Waals surface area contributed by atoms with Crippen LogP contribution in [0.1, 0.15) is 124 Å². The molecule has 376 valence electrons. The highest BCUT2D eigenvalue weighted by molar-refractivity contribution is 5.94. The number of anilines is 2. The molecule has 6 rings (SSSR count). The minimum Gasteiger partial charge on any atom is -0.490 e. The zero-order valence-electron chi connectivity index (χ0n) is 41.9. The topological polar surface area (TPSA) is 171 Å². The van der Waals surface area contributed by atoms with Gasteiger partial charge in [-0.2, -0.15) is 18.3 Å². The number of nitrogens with zero attached hydrogens (tertiary/aromatic N) is 7. The zero-order chi connectivity index (χ0) is 50.8. The molecule has 69 heavy (non-hydrogen) atoms. The van der Waals surface area contributed by atoms with Crippen LogP contribution in [0.3, 0.4) is 0 Å². The van der Waals surface area contributed by atoms with Gasteiger partial charge in [-0.25, -0.2) is 34.2 Å². The summed E-state index contributed by atoms with van der Waals surface area (Å²) in [5, 5.41) is 7.89. The average molecular weight is 965 g/mol. The summed E-state index contributed by atoms with van der Waals surface area (Å²) in [5.74, 6) is -0.448. The Morgan fingerprint density at radius 1 is 0.768 bits per heavy atom. The molecule has 0 bridgehead atoms. The molecule has 1 aliphatic heterocycles. The average Bonchev–Trinajstić information content (AvgIpc) is 3.59. The number of fused-ring (bicyclic) bond motifs is 1. The number of hydrogen-bond acceptors (Lipinski definition) is 12. The van der Waals surface area contributed by atoms with Crippen LogP contribution in [0.5, 0.6) is 5.75 Å². The van der Waals surface area contributed by atoms with E-state index in [4.69, 9.17) is 28.9 Å². The standard InChI is InChI=1S/C50H67F3N8O8/c1-13-31-26-32(38-28-40(57-59(38)12)55-41(62)25-30-14-19-39(37(24-30)50(51,52)53)66-36-20-22-58(11)23-21-36)27-33-29-54-43(56-42(31)33)60(44(63)67-47(2,3)4)34-15-17-35(18-16-34)61(45(64)68-48(5,6)7)46(65)69-49(8,9)10/h14,19,24,26-29,34-36H,13,15-18,20-23,25H2,1-12H3,(H,55,57,62). The third-order valence-corrected chi connectivity index (χ3v) is 11.6. The van der Waals surface area contributed by atoms with Crippen molar-refractivity contribution >= 4 is 46.9 Å². The summed E-state index contributed by atoms with van der Waals surface area (Å²) in [5.41, 5.74) is -0.497. The lowest BCUT2D eigenvalue weighted by Crippen LogP contribution is -2.52. The summed E-state index contributed by atoms with van der Waals surface area (Å²) in [7, 11) is 3.68. The van der Waals surface area contributed by atoms with Crippen LogP contribution >= 0.6 is 0 Å². The van der Waals surface area contributed by atoms with E-state index in [9.17, 15) is 32.3 Å². The predicted octanol–water partition coefficient (Wildman–Crippen LogP) is 10.5. The molecule has 0 spiro atoms. The molecule has 1 aliphatic carbocycles. The van der Waals surface area contributed by atoms with Crippen LogP contribution < -0.4 is 15.0 Å². The minimum absolute atomic E-state index is 0.131. The van der Waals surface area contributed by atoms with Crippen molar-refractivity contribution in [1.29, 1.82) is 0 Å². The van der Waals surface area contributed by atoms with Crippen molar-refractivity contribution in [2.45, 2.75) is 162 Å². The Kier molecular flexibility index (Phi) is 15.6. The summed E-state index contributed by atoms with van der Waals surface area (Å²) in [4.78, 5) is 68.5. The maximum Gasteiger partial charge on any atom is 0.420 e. The van der Waals surface area contributed by atoms with Crippen LogP contribution in [-0.2, 0) is 45.1 Å². The first-order valence-electron chi connectivity index (χ1n) is 23.5. The molecule has 2 fully saturated rings. The van der Waals surface area contributed by atoms with E-state index in [2.05, 4.69) is 15.3 Å². The molecule has 2 aromatic heterocycles. The molecular weight excluding hydrogens is 898 g/mol. The normalized spacial score (nSPS) is 17.6. The van der Waals surface area contributed by atoms with E-state index >= 15 is 0 Å². The fourth-order valence-corrected chi connectivity index (χ4v) is 8.48. The monoisotopic (exact) mass is 965 g/mol. The predicted molar refractivity (Wildman–Crippen MR) is 255 cm³/mol. The molecule has 1 saturated heterocycles. The molecule has 1 N–H and O–H groups in total. The van der Waals surface area contributed by atoms with Gasteiger partial charge in [0.15, 0.2) is 5.82 Å². The van der Waals surface area contributed by atoms with Crippen molar-refractivity contribution in [3.05, 3.63) is 59.3 Å². The summed E-state index contributed by atoms with van der Waals surface area (Å²) in [6, 6.07) is 8.23. The molecule has 19 heteroatoms. The number of amides is 4. The Hall–Kier alpha value is -5.98. The first-order valence-corrected chi connectivity index (χ1v) is 23.5. The van der Waals surface area contributed by atoms with Crippen molar-refractivity contribution < 1.29 is 51.3 Å². The lowest BCUT2D eigenvalue weighted by Gasteiger charge is -2.39. The molecule has 16 nitrogen and oxygen atoms in total. The number of aromatic nitrogens is 4. The van der Waals surface area contributed by atoms with Gasteiger partial charge in [-0.1, -0.05) is 13.0 Å². The number of rotatable bonds is 10. The van der Waals surface area contributed by atoms with E-state index in [1.165, 1.54) is 17.0 Å². The number of aryl methyl sites for hydroxylation is 2. The van der Waals surface area contributed by atoms with Crippen LogP contribution in [0.15, 0.2) is 42.6 Å². The number of imide groups is 1. The molecule has 0 atom stereocenters. The number of benzene rings is 2. The van der Waals surface area contributed by atoms with Crippen molar-refractivity contribution in [3.63, 3.8) is 0 Å². The Labute approximate surface area is 402 Å². The number of ether oxygens (including phenoxy) is 4. The van der Waals surface area contributed by atoms with E-state index in [0.29, 0.717) is 61.5 Å². The SMILES string of the molecule is CCc1cc(-c2cc(NC(=O)Cc3ccc(OC4CCN(C)CC4)c(C(F)(F)F)c3)nn2C)cc2cnc(N(C(=O)OC(C)(C)C)C3CCC(N(C(=O)OC(C)(C)C)C(=O)OC(C)(C)C)CC3)nc12. The van der Waals surface area contributed by atoms with Crippen LogP contribution in [0.25, 0.3) is 22.2 Å². The maximum absolute atomic E-state index is 14.2. The van der Waals surface area contributed by atoms with Gasteiger partial charge in [0.1, 0.15) is 28.7 Å². The van der Waals surface area contributed by atoms with Gasteiger partial charge < -0.3 is 29.2 Å². The second-order valence-electron chi connectivity index (χ2n) is 21.0. The number of halogens is 3. The van der Waals surface area contributed by atoms with Gasteiger partial charge in [-0.3, -0.25) is 9.48 Å². The lowest BCUT2D eigenvalue weighted by molar-refractivity contribution is -0.139. The molecule has 4 aromatic rings. The highest BCUT2D eigenvalue weighted by Gasteiger charge is 2.42. The highest BCUT2D eigenvalue weighted by atomic mass is 19.4. The number of alkyl halides is 3. The molecule has 2 aliphatic rings. The van der Waals surface area contributed by atoms with Gasteiger partial charge in [-0.05, 0) is 150 Å². The van der Waals surface area contributed by atoms with E-state index in [0.717, 1.165) is 35.2 Å². The zero-order valence-corrected chi connectivity index (χ0v) is 41.9. The minimum atomic E-state index is -4.68. The Balaban J connectivity index is 1.21. The van der Waals surface area contributed by atoms with E-state index in [1.807, 2.05) is 26.1 Å². The molecule has 2 aromatic carbocycles. The Bertz CT molecular complexity index is 2480. The summed E-state index contributed by atoms with van der Waals surface area (Å²) in [6.07, 6.45) is -2.73. The summed E-state index contributed by atoms with van der Waals surface area (Å²) >= 11 is 0. The molecule has 4 amide bonds. The second-order valence-corrected chi connectivity index (χ2v) is 21.0. The summed E-state index contributed by atoms with van der Waals surface area (Å²) < 4.78 is 67.2. The molecule has 0 unspecified atom stereocenters. The van der Waals surface area contributed by atoms with Gasteiger partial charge >= 0.3 is 24.5 Å². The molecule has 0 radical (unpaired) electrons. The van der Waals surface area contributed by atoms with E-state index in [1.54, 1.807) is 86.3 Å². The number of hydrogen-bond donors (Lipinski definition) is 1. The Morgan fingerprint density at radius 2 is 1.35 bits per heavy atom. The third-order valence-electron chi connectivity index (χ3n) is 11.6. The van der Waals surface area contributed by atoms with Crippen molar-refractivity contribution in [2.24, 2.45) is 7.05 Å². The first kappa shape index (κ1) is 52.4. The van der Waals surface area contributed by atoms with Gasteiger partial charge in [0.25, 0.3) is 0 Å². The molecule has 3 heterocycles. The number of likely N-dealkylation sites (tertiary alicyclic amines) is 1. The highest BCUT2D eigenvalue weighted by Crippen LogP contribution is 2.39. The fourth-order valence-electron chi connectivity index (χ4n) is 8.48. The number of carbonyl (C=O) groups excluding carboxylic acids is 4. The van der Waals surface area contributed by atoms with Crippen molar-refractivity contribution in [3.8, 4) is 17.0 Å². The van der Waals surface area contributed by atoms with Gasteiger partial charge in [0.2, 0.25) is 11.9 Å². The second kappa shape index (κ2) is 20.5. The van der Waals surface area contributed by atoms with Gasteiger partial charge in [0, 0.05) is 55.4 Å². The molecule has 1 saturated carbocycles. The lowest BCUT2D eigenvalue weighted by atomic mass is 9.89. The summed E-state index contributed by atoms with van der Waals surface area (Å²) in [6.45, 7) is 19.1. The quantitative estimate of drug-likeness (QED) is 0.149. The number of piperidine rings is 1. The molecular formula is C50H67F3N8O8. The number of nitrogens with one attached hydrogen (secondary N) is 1. The smallest absolute Gasteiger partial charge is 0.420 e. The van der Waals surface area contributed by atoms with Gasteiger partial charge in [0.05, 0.1) is 23.2 Å². The number of carbonyl (C=O) groups is 4. The van der Waals surface area contributed by atoms with Crippen molar-refractivity contribution in [1.82, 2.24) is 29.5 Å². The van der Waals surface area contributed by atoms with Crippen molar-refractivity contribution in [2.75, 3.05) is 30.4 Å². The van der Waals surface area contributed by atoms with Crippen LogP contribution in [-0.4, -0.2) is 109 Å². The Morgan fingerprint density at radius 3 is 1.91 bits per heavy atom. The fraction of sp³-hybridized carbons (Fsp3) is 0.580. The third kappa shape index (κ3) is 13.8. The largest absolute Gasteiger partial charge is 0.490 e.